The van der Waals surface area contributed by atoms with E-state index in [-0.39, 0.29) is 0 Å². The Hall–Kier alpha value is -0.240. The average Bonchev–Trinajstić information content (AvgIpc) is 1.96. The lowest BCUT2D eigenvalue weighted by Gasteiger charge is -2.00. The lowest BCUT2D eigenvalue weighted by molar-refractivity contribution is 1.46. The zero-order valence-corrected chi connectivity index (χ0v) is 8.58. The SMILES string of the molecule is CN=Cc1c(Cl)cc(Cl)cc1Cl. The Balaban J connectivity index is 3.28. The van der Waals surface area contributed by atoms with Gasteiger partial charge in [-0.15, -0.1) is 0 Å². The zero-order valence-electron chi connectivity index (χ0n) is 6.31. The molecule has 0 saturated heterocycles. The van der Waals surface area contributed by atoms with Crippen molar-refractivity contribution in [3.05, 3.63) is 32.8 Å². The van der Waals surface area contributed by atoms with E-state index in [2.05, 4.69) is 4.99 Å². The maximum Gasteiger partial charge on any atom is 0.0523 e. The van der Waals surface area contributed by atoms with Crippen molar-refractivity contribution >= 4 is 41.0 Å². The number of aliphatic imine (C=N–C) groups is 1. The molecule has 0 amide bonds. The van der Waals surface area contributed by atoms with Crippen LogP contribution in [0, 0.1) is 0 Å². The Bertz CT molecular complexity index is 297. The second-order valence-electron chi connectivity index (χ2n) is 2.17. The third-order valence-corrected chi connectivity index (χ3v) is 2.15. The molecular formula is C8H6Cl3N. The Morgan fingerprint density at radius 3 is 2.08 bits per heavy atom. The molecule has 0 unspecified atom stereocenters. The first-order chi connectivity index (χ1) is 5.65. The summed E-state index contributed by atoms with van der Waals surface area (Å²) < 4.78 is 0. The van der Waals surface area contributed by atoms with E-state index in [1.165, 1.54) is 0 Å². The van der Waals surface area contributed by atoms with E-state index in [9.17, 15) is 0 Å². The van der Waals surface area contributed by atoms with Crippen LogP contribution < -0.4 is 0 Å². The predicted molar refractivity (Wildman–Crippen MR) is 55.0 cm³/mol. The average molecular weight is 223 g/mol. The van der Waals surface area contributed by atoms with Gasteiger partial charge in [0.2, 0.25) is 0 Å². The topological polar surface area (TPSA) is 12.4 Å². The van der Waals surface area contributed by atoms with Gasteiger partial charge in [0.1, 0.15) is 0 Å². The Morgan fingerprint density at radius 1 is 1.17 bits per heavy atom. The fourth-order valence-corrected chi connectivity index (χ4v) is 1.72. The number of benzene rings is 1. The first kappa shape index (κ1) is 9.85. The molecule has 0 aromatic heterocycles. The van der Waals surface area contributed by atoms with Crippen LogP contribution in [-0.2, 0) is 0 Å². The van der Waals surface area contributed by atoms with Crippen LogP contribution in [0.3, 0.4) is 0 Å². The molecule has 0 aliphatic heterocycles. The first-order valence-corrected chi connectivity index (χ1v) is 4.35. The number of halogens is 3. The van der Waals surface area contributed by atoms with E-state index in [1.807, 2.05) is 0 Å². The minimum absolute atomic E-state index is 0.512. The molecular weight excluding hydrogens is 216 g/mol. The molecule has 1 aromatic carbocycles. The Morgan fingerprint density at radius 2 is 1.67 bits per heavy atom. The molecule has 0 spiro atoms. The van der Waals surface area contributed by atoms with Gasteiger partial charge in [-0.1, -0.05) is 34.8 Å². The molecule has 64 valence electrons. The summed E-state index contributed by atoms with van der Waals surface area (Å²) in [6.45, 7) is 0. The van der Waals surface area contributed by atoms with Crippen molar-refractivity contribution in [1.29, 1.82) is 0 Å². The molecule has 0 bridgehead atoms. The number of hydrogen-bond acceptors (Lipinski definition) is 1. The zero-order chi connectivity index (χ0) is 9.14. The van der Waals surface area contributed by atoms with Crippen molar-refractivity contribution in [3.63, 3.8) is 0 Å². The fourth-order valence-electron chi connectivity index (χ4n) is 0.806. The summed E-state index contributed by atoms with van der Waals surface area (Å²) >= 11 is 17.4. The monoisotopic (exact) mass is 221 g/mol. The van der Waals surface area contributed by atoms with Crippen molar-refractivity contribution in [2.75, 3.05) is 7.05 Å². The van der Waals surface area contributed by atoms with Crippen molar-refractivity contribution in [2.24, 2.45) is 4.99 Å². The fraction of sp³-hybridized carbons (Fsp3) is 0.125. The van der Waals surface area contributed by atoms with Gasteiger partial charge >= 0.3 is 0 Å². The van der Waals surface area contributed by atoms with Gasteiger partial charge in [0.25, 0.3) is 0 Å². The number of nitrogens with zero attached hydrogens (tertiary/aromatic N) is 1. The summed E-state index contributed by atoms with van der Waals surface area (Å²) in [7, 11) is 1.65. The molecule has 0 atom stereocenters. The quantitative estimate of drug-likeness (QED) is 0.643. The van der Waals surface area contributed by atoms with Gasteiger partial charge < -0.3 is 0 Å². The minimum atomic E-state index is 0.512. The molecule has 4 heteroatoms. The summed E-state index contributed by atoms with van der Waals surface area (Å²) in [4.78, 5) is 3.82. The molecule has 1 nitrogen and oxygen atoms in total. The molecule has 0 saturated carbocycles. The van der Waals surface area contributed by atoms with Crippen LogP contribution in [-0.4, -0.2) is 13.3 Å². The van der Waals surface area contributed by atoms with E-state index in [4.69, 9.17) is 34.8 Å². The maximum absolute atomic E-state index is 5.85. The first-order valence-electron chi connectivity index (χ1n) is 3.22. The van der Waals surface area contributed by atoms with Gasteiger partial charge in [-0.2, -0.15) is 0 Å². The predicted octanol–water partition coefficient (Wildman–Crippen LogP) is 3.70. The lowest BCUT2D eigenvalue weighted by Crippen LogP contribution is -1.84. The van der Waals surface area contributed by atoms with E-state index >= 15 is 0 Å². The van der Waals surface area contributed by atoms with E-state index < -0.39 is 0 Å². The third-order valence-electron chi connectivity index (χ3n) is 1.30. The molecule has 1 rings (SSSR count). The minimum Gasteiger partial charge on any atom is -0.296 e. The lowest BCUT2D eigenvalue weighted by atomic mass is 10.2. The summed E-state index contributed by atoms with van der Waals surface area (Å²) in [5.74, 6) is 0. The van der Waals surface area contributed by atoms with Gasteiger partial charge in [-0.25, -0.2) is 0 Å². The molecule has 0 radical (unpaired) electrons. The van der Waals surface area contributed by atoms with Crippen molar-refractivity contribution in [3.8, 4) is 0 Å². The molecule has 0 heterocycles. The molecule has 1 aromatic rings. The molecule has 12 heavy (non-hydrogen) atoms. The van der Waals surface area contributed by atoms with Crippen LogP contribution in [0.15, 0.2) is 17.1 Å². The van der Waals surface area contributed by atoms with Crippen LogP contribution in [0.25, 0.3) is 0 Å². The van der Waals surface area contributed by atoms with Crippen LogP contribution in [0.1, 0.15) is 5.56 Å². The third kappa shape index (κ3) is 2.13. The van der Waals surface area contributed by atoms with Gasteiger partial charge in [-0.05, 0) is 12.1 Å². The molecule has 0 fully saturated rings. The summed E-state index contributed by atoms with van der Waals surface area (Å²) in [6, 6.07) is 3.26. The summed E-state index contributed by atoms with van der Waals surface area (Å²) in [5.41, 5.74) is 0.699. The van der Waals surface area contributed by atoms with E-state index in [0.29, 0.717) is 20.6 Å². The van der Waals surface area contributed by atoms with Crippen molar-refractivity contribution in [2.45, 2.75) is 0 Å². The summed E-state index contributed by atoms with van der Waals surface area (Å²) in [5, 5.41) is 1.55. The van der Waals surface area contributed by atoms with Crippen LogP contribution in [0.5, 0.6) is 0 Å². The van der Waals surface area contributed by atoms with Crippen LogP contribution in [0.2, 0.25) is 15.1 Å². The van der Waals surface area contributed by atoms with Gasteiger partial charge in [0.15, 0.2) is 0 Å². The van der Waals surface area contributed by atoms with Gasteiger partial charge in [0.05, 0.1) is 10.0 Å². The Labute approximate surface area is 86.0 Å². The van der Waals surface area contributed by atoms with Crippen molar-refractivity contribution in [1.82, 2.24) is 0 Å². The highest BCUT2D eigenvalue weighted by molar-refractivity contribution is 6.41. The normalized spacial score (nSPS) is 11.0. The largest absolute Gasteiger partial charge is 0.296 e. The van der Waals surface area contributed by atoms with E-state index in [1.54, 1.807) is 25.4 Å². The summed E-state index contributed by atoms with van der Waals surface area (Å²) in [6.07, 6.45) is 1.60. The number of rotatable bonds is 1. The number of hydrogen-bond donors (Lipinski definition) is 0. The van der Waals surface area contributed by atoms with Gasteiger partial charge in [-0.3, -0.25) is 4.99 Å². The van der Waals surface area contributed by atoms with Crippen molar-refractivity contribution < 1.29 is 0 Å². The Kier molecular flexibility index (Phi) is 3.39. The molecule has 0 aliphatic carbocycles. The van der Waals surface area contributed by atoms with Gasteiger partial charge in [0, 0.05) is 23.8 Å². The highest BCUT2D eigenvalue weighted by atomic mass is 35.5. The second-order valence-corrected chi connectivity index (χ2v) is 3.42. The molecule has 0 N–H and O–H groups in total. The standard InChI is InChI=1S/C8H6Cl3N/c1-12-4-6-7(10)2-5(9)3-8(6)11/h2-4H,1H3. The van der Waals surface area contributed by atoms with Crippen LogP contribution >= 0.6 is 34.8 Å². The second kappa shape index (κ2) is 4.13. The van der Waals surface area contributed by atoms with E-state index in [0.717, 1.165) is 0 Å². The highest BCUT2D eigenvalue weighted by Crippen LogP contribution is 2.27. The van der Waals surface area contributed by atoms with Crippen LogP contribution in [0.4, 0.5) is 0 Å². The maximum atomic E-state index is 5.85. The highest BCUT2D eigenvalue weighted by Gasteiger charge is 2.04. The smallest absolute Gasteiger partial charge is 0.0523 e. The molecule has 0 aliphatic rings.